The number of phenols is 2. The Morgan fingerprint density at radius 3 is 1.83 bits per heavy atom. The summed E-state index contributed by atoms with van der Waals surface area (Å²) in [6.07, 6.45) is 5.51. The van der Waals surface area contributed by atoms with Gasteiger partial charge in [-0.15, -0.1) is 0 Å². The highest BCUT2D eigenvalue weighted by Crippen LogP contribution is 2.57. The molecule has 32 nitrogen and oxygen atoms in total. The van der Waals surface area contributed by atoms with Gasteiger partial charge in [0.15, 0.2) is 10.7 Å². The van der Waals surface area contributed by atoms with Crippen molar-refractivity contribution in [3.8, 4) is 23.0 Å². The SMILES string of the molecule is C[C@@H]1NC(=O)[C@H]([C@@H](C)O)NC(=O)[C@@H]2CCCN2C(=O)[C@H](CCC(=O)O)NC(=O)CN(C(=O)CCCCNC(=S)Nc2ccc3c(c2)C2(OC3=O)c3ccc(O)cc3Oc3cc(O)ccc32)CCC=CCCCCCCN(CC(N)=O)C(=O)[C@H](CCC(=O)O)NC(=O)[C@@H]2CCCN2C(=O)[C@@H]2CCCN2C1=O. The molecular formula is C72H92N12O20S. The molecule has 3 aromatic carbocycles. The third-order valence-electron chi connectivity index (χ3n) is 19.6. The van der Waals surface area contributed by atoms with Gasteiger partial charge in [0, 0.05) is 93.0 Å². The predicted octanol–water partition coefficient (Wildman–Crippen LogP) is 2.22. The van der Waals surface area contributed by atoms with Crippen LogP contribution in [0.5, 0.6) is 23.0 Å². The van der Waals surface area contributed by atoms with Gasteiger partial charge >= 0.3 is 17.9 Å². The molecule has 0 saturated carbocycles. The summed E-state index contributed by atoms with van der Waals surface area (Å²) < 4.78 is 12.3. The number of thiocarbonyl (C=S) groups is 1. The van der Waals surface area contributed by atoms with Crippen molar-refractivity contribution in [2.75, 3.05) is 57.7 Å². The number of hydrogen-bond donors (Lipinski definition) is 12. The second-order valence-electron chi connectivity index (χ2n) is 27.2. The van der Waals surface area contributed by atoms with Crippen LogP contribution < -0.4 is 42.4 Å². The Bertz CT molecular complexity index is 3820. The van der Waals surface area contributed by atoms with Gasteiger partial charge in [0.05, 0.1) is 24.8 Å². The molecule has 105 heavy (non-hydrogen) atoms. The monoisotopic (exact) mass is 1480 g/mol. The van der Waals surface area contributed by atoms with E-state index in [9.17, 15) is 87.9 Å². The molecule has 33 heteroatoms. The van der Waals surface area contributed by atoms with E-state index in [1.807, 2.05) is 12.2 Å². The van der Waals surface area contributed by atoms with E-state index in [4.69, 9.17) is 27.4 Å². The highest BCUT2D eigenvalue weighted by molar-refractivity contribution is 7.80. The lowest BCUT2D eigenvalue weighted by Crippen LogP contribution is -2.61. The molecular weight excluding hydrogens is 1380 g/mol. The number of primary amides is 1. The number of ether oxygens (including phenoxy) is 2. The molecule has 3 aromatic rings. The second-order valence-corrected chi connectivity index (χ2v) is 27.6. The molecule has 8 atom stereocenters. The zero-order valence-corrected chi connectivity index (χ0v) is 59.5. The van der Waals surface area contributed by atoms with Crippen LogP contribution in [0.1, 0.15) is 163 Å². The van der Waals surface area contributed by atoms with Crippen LogP contribution in [0, 0.1) is 0 Å². The number of aliphatic hydroxyl groups excluding tert-OH is 1. The van der Waals surface area contributed by atoms with Gasteiger partial charge in [0.25, 0.3) is 0 Å². The zero-order chi connectivity index (χ0) is 75.8. The number of hydrogen-bond acceptors (Lipinski definition) is 19. The summed E-state index contributed by atoms with van der Waals surface area (Å²) in [7, 11) is 0. The number of carbonyl (C=O) groups is 13. The number of anilines is 1. The molecule has 1 spiro atoms. The summed E-state index contributed by atoms with van der Waals surface area (Å²) in [5.74, 6) is -10.5. The van der Waals surface area contributed by atoms with E-state index in [0.717, 1.165) is 4.90 Å². The van der Waals surface area contributed by atoms with Crippen molar-refractivity contribution < 1.29 is 97.3 Å². The highest BCUT2D eigenvalue weighted by atomic mass is 32.1. The van der Waals surface area contributed by atoms with Crippen molar-refractivity contribution >= 4 is 100.0 Å². The van der Waals surface area contributed by atoms with Crippen molar-refractivity contribution in [3.63, 3.8) is 0 Å². The molecule has 9 rings (SSSR count). The molecule has 6 aliphatic heterocycles. The molecule has 3 fully saturated rings. The minimum absolute atomic E-state index is 0.0187. The number of phenolic OH excluding ortho intramolecular Hbond substituents is 2. The van der Waals surface area contributed by atoms with Crippen molar-refractivity contribution in [2.45, 2.75) is 190 Å². The Hall–Kier alpha value is -10.4. The van der Waals surface area contributed by atoms with E-state index in [-0.39, 0.29) is 118 Å². The van der Waals surface area contributed by atoms with Gasteiger partial charge in [0.2, 0.25) is 59.1 Å². The molecule has 0 aromatic heterocycles. The molecule has 3 saturated heterocycles. The number of allylic oxidation sites excluding steroid dienone is 1. The summed E-state index contributed by atoms with van der Waals surface area (Å²) in [4.78, 5) is 184. The number of aliphatic hydroxyl groups is 1. The molecule has 6 heterocycles. The normalized spacial score (nSPS) is 23.5. The van der Waals surface area contributed by atoms with Crippen molar-refractivity contribution in [3.05, 3.63) is 89.0 Å². The molecule has 13 N–H and O–H groups in total. The van der Waals surface area contributed by atoms with Gasteiger partial charge in [-0.1, -0.05) is 25.0 Å². The third-order valence-corrected chi connectivity index (χ3v) is 19.8. The number of nitrogens with two attached hydrogens (primary N) is 1. The molecule has 566 valence electrons. The van der Waals surface area contributed by atoms with Gasteiger partial charge in [-0.25, -0.2) is 4.79 Å². The van der Waals surface area contributed by atoms with Gasteiger partial charge in [-0.05, 0) is 158 Å². The number of carboxylic acids is 2. The number of carboxylic acid groups (broad SMARTS) is 2. The highest BCUT2D eigenvalue weighted by Gasteiger charge is 2.54. The van der Waals surface area contributed by atoms with Crippen LogP contribution in [0.2, 0.25) is 0 Å². The number of carbonyl (C=O) groups excluding carboxylic acids is 11. The standard InChI is InChI=1S/C72H92N12O20S/c1-41-66(98)84-35-15-18-54(84)69(101)83-34-14-16-52(83)63(95)78-50(26-28-60(91)92)67(99)81(39-57(73)88)32-12-8-6-4-3-5-7-11-31-80(40-58(89)77-51(27-29-61(93)94)68(100)82-33-13-17-53(82)64(96)79-62(42(2)85)65(97)75-41)59(90)19-9-10-30-74-71(105)76-43-20-23-46-49(36-43)72(104-70(46)102)47-24-21-44(86)37-55(47)103-56-38-45(87)22-25-48(56)72/h5,7,20-25,36-38,41-42,50-54,62,85-87H,3-4,6,8-19,26-35,39-40H2,1-2H3,(H2,73,88)(H,75,97)(H,77,89)(H,78,95)(H,79,96)(H,91,92)(H,93,94)(H2,74,76,105)/t41-,42+,50-,51-,52-,53-,54-,62-/m0/s1. The van der Waals surface area contributed by atoms with Crippen molar-refractivity contribution in [2.24, 2.45) is 5.73 Å². The van der Waals surface area contributed by atoms with Crippen molar-refractivity contribution in [1.29, 1.82) is 0 Å². The first kappa shape index (κ1) is 78.7. The molecule has 0 unspecified atom stereocenters. The molecule has 0 radical (unpaired) electrons. The Kier molecular flexibility index (Phi) is 26.9. The summed E-state index contributed by atoms with van der Waals surface area (Å²) >= 11 is 5.68. The Balaban J connectivity index is 0.884. The lowest BCUT2D eigenvalue weighted by Gasteiger charge is -2.36. The zero-order valence-electron chi connectivity index (χ0n) is 58.6. The van der Waals surface area contributed by atoms with Crippen LogP contribution in [-0.2, 0) is 67.9 Å². The number of rotatable bonds is 15. The van der Waals surface area contributed by atoms with E-state index >= 15 is 0 Å². The minimum atomic E-state index is -1.70. The molecule has 10 amide bonds. The number of fused-ring (bicyclic) bond motifs is 9. The third kappa shape index (κ3) is 19.5. The number of amides is 10. The molecule has 0 aliphatic carbocycles. The van der Waals surface area contributed by atoms with Crippen LogP contribution >= 0.6 is 12.2 Å². The van der Waals surface area contributed by atoms with Gasteiger partial charge in [0.1, 0.15) is 65.3 Å². The number of nitrogens with one attached hydrogen (secondary N) is 6. The van der Waals surface area contributed by atoms with E-state index in [2.05, 4.69) is 31.9 Å². The Labute approximate surface area is 611 Å². The Morgan fingerprint density at radius 1 is 0.629 bits per heavy atom. The fourth-order valence-corrected chi connectivity index (χ4v) is 14.6. The van der Waals surface area contributed by atoms with Crippen LogP contribution in [0.15, 0.2) is 66.7 Å². The summed E-state index contributed by atoms with van der Waals surface area (Å²) in [5, 5.41) is 67.9. The van der Waals surface area contributed by atoms with Crippen LogP contribution in [-0.4, -0.2) is 233 Å². The van der Waals surface area contributed by atoms with Crippen LogP contribution in [0.4, 0.5) is 5.69 Å². The minimum Gasteiger partial charge on any atom is -0.508 e. The fraction of sp³-hybridized carbons (Fsp3) is 0.528. The van der Waals surface area contributed by atoms with E-state index in [1.54, 1.807) is 30.3 Å². The average Bonchev–Trinajstić information content (AvgIpc) is 1.60. The van der Waals surface area contributed by atoms with E-state index in [1.165, 1.54) is 57.7 Å². The lowest BCUT2D eigenvalue weighted by molar-refractivity contribution is -0.148. The number of esters is 1. The van der Waals surface area contributed by atoms with Gasteiger partial charge in [-0.3, -0.25) is 57.5 Å². The van der Waals surface area contributed by atoms with Gasteiger partial charge in [-0.2, -0.15) is 0 Å². The van der Waals surface area contributed by atoms with E-state index in [0.29, 0.717) is 80.2 Å². The number of unbranched alkanes of at least 4 members (excludes halogenated alkanes) is 1. The number of aromatic hydroxyl groups is 2. The topological polar surface area (TPSA) is 456 Å². The first-order valence-electron chi connectivity index (χ1n) is 35.7. The van der Waals surface area contributed by atoms with Crippen molar-refractivity contribution in [1.82, 2.24) is 51.1 Å². The first-order chi connectivity index (χ1) is 50.1. The fourth-order valence-electron chi connectivity index (χ4n) is 14.4. The molecule has 0 bridgehead atoms. The Morgan fingerprint density at radius 2 is 1.21 bits per heavy atom. The van der Waals surface area contributed by atoms with Crippen LogP contribution in [0.25, 0.3) is 0 Å². The maximum Gasteiger partial charge on any atom is 0.340 e. The number of nitrogens with zero attached hydrogens (tertiary/aromatic N) is 5. The summed E-state index contributed by atoms with van der Waals surface area (Å²) in [6.45, 7) is 1.98. The maximum atomic E-state index is 14.5. The van der Waals surface area contributed by atoms with E-state index < -0.39 is 163 Å². The number of aliphatic carboxylic acids is 2. The summed E-state index contributed by atoms with van der Waals surface area (Å²) in [6, 6.07) is 4.32. The van der Waals surface area contributed by atoms with Gasteiger partial charge < -0.3 is 97.1 Å². The summed E-state index contributed by atoms with van der Waals surface area (Å²) in [5.41, 5.74) is 6.10. The maximum absolute atomic E-state index is 14.5. The average molecular weight is 1480 g/mol. The number of benzene rings is 3. The smallest absolute Gasteiger partial charge is 0.340 e. The molecule has 6 aliphatic rings. The predicted molar refractivity (Wildman–Crippen MR) is 378 cm³/mol. The first-order valence-corrected chi connectivity index (χ1v) is 36.1. The van der Waals surface area contributed by atoms with Crippen LogP contribution in [0.3, 0.4) is 0 Å². The largest absolute Gasteiger partial charge is 0.508 e. The lowest BCUT2D eigenvalue weighted by atomic mass is 9.77. The quantitative estimate of drug-likeness (QED) is 0.0449. The second kappa shape index (κ2) is 35.8.